The maximum absolute atomic E-state index is 12.2. The number of carbonyl (C=O) groups is 1. The third-order valence-electron chi connectivity index (χ3n) is 3.92. The van der Waals surface area contributed by atoms with E-state index in [9.17, 15) is 9.90 Å². The molecular formula is C19H21ClN4O2S2. The van der Waals surface area contributed by atoms with Crippen LogP contribution < -0.4 is 10.6 Å². The third kappa shape index (κ3) is 4.70. The van der Waals surface area contributed by atoms with Gasteiger partial charge >= 0.3 is 0 Å². The second-order valence-corrected chi connectivity index (χ2v) is 9.55. The summed E-state index contributed by atoms with van der Waals surface area (Å²) >= 11 is 8.90. The summed E-state index contributed by atoms with van der Waals surface area (Å²) in [6.07, 6.45) is 0. The van der Waals surface area contributed by atoms with Crippen LogP contribution >= 0.6 is 34.3 Å². The second-order valence-electron chi connectivity index (χ2n) is 7.26. The summed E-state index contributed by atoms with van der Waals surface area (Å²) in [7, 11) is 0. The minimum atomic E-state index is -0.487. The Bertz CT molecular complexity index is 1010. The summed E-state index contributed by atoms with van der Waals surface area (Å²) in [5, 5.41) is 19.3. The number of nitrogens with zero attached hydrogens (tertiary/aromatic N) is 2. The zero-order chi connectivity index (χ0) is 20.5. The van der Waals surface area contributed by atoms with Crippen molar-refractivity contribution >= 4 is 56.1 Å². The van der Waals surface area contributed by atoms with Crippen molar-refractivity contribution in [3.05, 3.63) is 39.9 Å². The molecule has 0 aliphatic heterocycles. The minimum Gasteiger partial charge on any atom is -0.392 e. The lowest BCUT2D eigenvalue weighted by Crippen LogP contribution is -2.27. The first-order valence-corrected chi connectivity index (χ1v) is 10.7. The number of nitrogens with one attached hydrogen (secondary N) is 2. The monoisotopic (exact) mass is 436 g/mol. The van der Waals surface area contributed by atoms with Crippen LogP contribution in [0.1, 0.15) is 32.0 Å². The average Bonchev–Trinajstić information content (AvgIpc) is 3.20. The number of aryl methyl sites for hydroxylation is 1. The van der Waals surface area contributed by atoms with Crippen LogP contribution in [0.15, 0.2) is 23.6 Å². The number of hydrogen-bond acceptors (Lipinski definition) is 7. The lowest BCUT2D eigenvalue weighted by molar-refractivity contribution is -0.123. The number of hydrogen-bond donors (Lipinski definition) is 3. The SMILES string of the molecule is Cc1nc(NC(=O)C(C)(C)C)sc1-c1csc(Nc2cc(Cl)ccc2CO)n1. The van der Waals surface area contributed by atoms with E-state index in [1.54, 1.807) is 18.2 Å². The molecule has 0 saturated heterocycles. The molecule has 3 rings (SSSR count). The van der Waals surface area contributed by atoms with Crippen LogP contribution in [-0.2, 0) is 11.4 Å². The van der Waals surface area contributed by atoms with Crippen molar-refractivity contribution < 1.29 is 9.90 Å². The molecule has 0 aliphatic carbocycles. The maximum atomic E-state index is 12.2. The fraction of sp³-hybridized carbons (Fsp3) is 0.316. The van der Waals surface area contributed by atoms with E-state index in [4.69, 9.17) is 11.6 Å². The number of aliphatic hydroxyl groups is 1. The number of aromatic nitrogens is 2. The van der Waals surface area contributed by atoms with Crippen LogP contribution in [0.3, 0.4) is 0 Å². The van der Waals surface area contributed by atoms with Crippen molar-refractivity contribution in [3.63, 3.8) is 0 Å². The molecule has 2 aromatic heterocycles. The smallest absolute Gasteiger partial charge is 0.231 e. The molecule has 1 amide bonds. The van der Waals surface area contributed by atoms with Gasteiger partial charge in [-0.15, -0.1) is 11.3 Å². The first-order chi connectivity index (χ1) is 13.2. The standard InChI is InChI=1S/C19H21ClN4O2S2/c1-10-15(28-18(21-10)24-16(26)19(2,3)4)14-9-27-17(23-14)22-13-7-12(20)6-5-11(13)8-25/h5-7,9,25H,8H2,1-4H3,(H,22,23)(H,21,24,26). The first kappa shape index (κ1) is 20.7. The van der Waals surface area contributed by atoms with Gasteiger partial charge in [0.05, 0.1) is 22.9 Å². The number of halogens is 1. The van der Waals surface area contributed by atoms with E-state index in [2.05, 4.69) is 20.6 Å². The zero-order valence-corrected chi connectivity index (χ0v) is 18.3. The highest BCUT2D eigenvalue weighted by Crippen LogP contribution is 2.36. The van der Waals surface area contributed by atoms with Crippen molar-refractivity contribution in [2.75, 3.05) is 10.6 Å². The first-order valence-electron chi connectivity index (χ1n) is 8.58. The molecule has 3 N–H and O–H groups in total. The van der Waals surface area contributed by atoms with Crippen LogP contribution in [0.4, 0.5) is 16.0 Å². The number of rotatable bonds is 5. The highest BCUT2D eigenvalue weighted by atomic mass is 35.5. The molecule has 0 radical (unpaired) electrons. The molecule has 148 valence electrons. The fourth-order valence-corrected chi connectivity index (χ4v) is 4.21. The van der Waals surface area contributed by atoms with E-state index < -0.39 is 5.41 Å². The van der Waals surface area contributed by atoms with Crippen molar-refractivity contribution in [1.82, 2.24) is 9.97 Å². The summed E-state index contributed by atoms with van der Waals surface area (Å²) in [6, 6.07) is 5.27. The van der Waals surface area contributed by atoms with Gasteiger partial charge in [-0.1, -0.05) is 49.8 Å². The Morgan fingerprint density at radius 1 is 1.25 bits per heavy atom. The molecule has 2 heterocycles. The van der Waals surface area contributed by atoms with Gasteiger partial charge < -0.3 is 15.7 Å². The van der Waals surface area contributed by atoms with Gasteiger partial charge in [0.25, 0.3) is 0 Å². The minimum absolute atomic E-state index is 0.0778. The zero-order valence-electron chi connectivity index (χ0n) is 16.0. The van der Waals surface area contributed by atoms with E-state index in [1.807, 2.05) is 33.1 Å². The van der Waals surface area contributed by atoms with Crippen molar-refractivity contribution in [2.24, 2.45) is 5.41 Å². The van der Waals surface area contributed by atoms with E-state index >= 15 is 0 Å². The largest absolute Gasteiger partial charge is 0.392 e. The summed E-state index contributed by atoms with van der Waals surface area (Å²) in [4.78, 5) is 22.2. The molecule has 6 nitrogen and oxygen atoms in total. The Balaban J connectivity index is 1.81. The quantitative estimate of drug-likeness (QED) is 0.495. The number of thiazole rings is 2. The molecular weight excluding hydrogens is 416 g/mol. The molecule has 3 aromatic rings. The van der Waals surface area contributed by atoms with Gasteiger partial charge in [0.1, 0.15) is 0 Å². The van der Waals surface area contributed by atoms with Crippen LogP contribution in [0.5, 0.6) is 0 Å². The number of carbonyl (C=O) groups excluding carboxylic acids is 1. The van der Waals surface area contributed by atoms with Gasteiger partial charge in [0, 0.05) is 27.1 Å². The number of amides is 1. The molecule has 1 aromatic carbocycles. The van der Waals surface area contributed by atoms with Gasteiger partial charge in [-0.2, -0.15) is 0 Å². The molecule has 0 aliphatic rings. The lowest BCUT2D eigenvalue weighted by atomic mass is 9.96. The Labute approximate surface area is 176 Å². The van der Waals surface area contributed by atoms with Crippen molar-refractivity contribution in [2.45, 2.75) is 34.3 Å². The fourth-order valence-electron chi connectivity index (χ4n) is 2.33. The van der Waals surface area contributed by atoms with E-state index in [-0.39, 0.29) is 12.5 Å². The predicted octanol–water partition coefficient (Wildman–Crippen LogP) is 5.45. The Morgan fingerprint density at radius 3 is 2.68 bits per heavy atom. The number of aliphatic hydroxyl groups excluding tert-OH is 1. The summed E-state index contributed by atoms with van der Waals surface area (Å²) in [5.74, 6) is -0.0778. The van der Waals surface area contributed by atoms with Gasteiger partial charge in [0.2, 0.25) is 5.91 Å². The Hall–Kier alpha value is -2.00. The topological polar surface area (TPSA) is 87.1 Å². The molecule has 0 unspecified atom stereocenters. The number of benzene rings is 1. The van der Waals surface area contributed by atoms with E-state index in [1.165, 1.54) is 22.7 Å². The number of anilines is 3. The molecule has 0 spiro atoms. The molecule has 0 bridgehead atoms. The maximum Gasteiger partial charge on any atom is 0.231 e. The van der Waals surface area contributed by atoms with E-state index in [0.29, 0.717) is 15.3 Å². The molecule has 0 atom stereocenters. The Kier molecular flexibility index (Phi) is 6.04. The normalized spacial score (nSPS) is 11.5. The van der Waals surface area contributed by atoms with Crippen molar-refractivity contribution in [1.29, 1.82) is 0 Å². The lowest BCUT2D eigenvalue weighted by Gasteiger charge is -2.15. The van der Waals surface area contributed by atoms with Gasteiger partial charge in [-0.3, -0.25) is 4.79 Å². The van der Waals surface area contributed by atoms with Crippen LogP contribution in [-0.4, -0.2) is 21.0 Å². The second kappa shape index (κ2) is 8.16. The average molecular weight is 437 g/mol. The van der Waals surface area contributed by atoms with Gasteiger partial charge in [-0.05, 0) is 19.1 Å². The van der Waals surface area contributed by atoms with E-state index in [0.717, 1.165) is 27.5 Å². The Morgan fingerprint density at radius 2 is 2.00 bits per heavy atom. The summed E-state index contributed by atoms with van der Waals surface area (Å²) in [5.41, 5.74) is 2.56. The van der Waals surface area contributed by atoms with Crippen molar-refractivity contribution in [3.8, 4) is 10.6 Å². The third-order valence-corrected chi connectivity index (χ3v) is 6.01. The predicted molar refractivity (Wildman–Crippen MR) is 117 cm³/mol. The van der Waals surface area contributed by atoms with Crippen LogP contribution in [0.2, 0.25) is 5.02 Å². The van der Waals surface area contributed by atoms with Crippen LogP contribution in [0, 0.1) is 12.3 Å². The summed E-state index contributed by atoms with van der Waals surface area (Å²) < 4.78 is 0. The molecule has 0 fully saturated rings. The van der Waals surface area contributed by atoms with Crippen LogP contribution in [0.25, 0.3) is 10.6 Å². The highest BCUT2D eigenvalue weighted by molar-refractivity contribution is 7.20. The molecule has 0 saturated carbocycles. The molecule has 28 heavy (non-hydrogen) atoms. The summed E-state index contributed by atoms with van der Waals surface area (Å²) in [6.45, 7) is 7.38. The highest BCUT2D eigenvalue weighted by Gasteiger charge is 2.23. The van der Waals surface area contributed by atoms with Gasteiger partial charge in [0.15, 0.2) is 10.3 Å². The molecule has 9 heteroatoms. The van der Waals surface area contributed by atoms with Gasteiger partial charge in [-0.25, -0.2) is 9.97 Å².